The minimum Gasteiger partial charge on any atom is -0.313 e. The first-order valence-corrected chi connectivity index (χ1v) is 7.63. The van der Waals surface area contributed by atoms with E-state index >= 15 is 0 Å². The summed E-state index contributed by atoms with van der Waals surface area (Å²) in [6.45, 7) is 6.80. The van der Waals surface area contributed by atoms with E-state index in [1.165, 1.54) is 12.6 Å². The van der Waals surface area contributed by atoms with Gasteiger partial charge in [-0.2, -0.15) is 0 Å². The lowest BCUT2D eigenvalue weighted by molar-refractivity contribution is 0.0508. The molecule has 2 aliphatic carbocycles. The van der Waals surface area contributed by atoms with E-state index in [2.05, 4.69) is 30.9 Å². The molecule has 0 saturated heterocycles. The number of carbonyl (C=O) groups excluding carboxylic acids is 1. The number of fused-ring (bicyclic) bond motifs is 2. The molecule has 2 fully saturated rings. The Hall–Kier alpha value is -1.42. The van der Waals surface area contributed by atoms with E-state index in [4.69, 9.17) is 16.4 Å². The summed E-state index contributed by atoms with van der Waals surface area (Å²) in [5, 5.41) is 4.31. The molecule has 2 bridgehead atoms. The Morgan fingerprint density at radius 3 is 2.81 bits per heavy atom. The number of hydrogen-bond acceptors (Lipinski definition) is 4. The maximum Gasteiger partial charge on any atom is 0.368 e. The van der Waals surface area contributed by atoms with Gasteiger partial charge < -0.3 is 4.84 Å². The van der Waals surface area contributed by atoms with E-state index in [9.17, 15) is 4.79 Å². The maximum atomic E-state index is 12.0. The molecule has 0 radical (unpaired) electrons. The van der Waals surface area contributed by atoms with Crippen LogP contribution >= 0.6 is 11.6 Å². The highest BCUT2D eigenvalue weighted by molar-refractivity contribution is 6.32. The third-order valence-electron chi connectivity index (χ3n) is 5.73. The van der Waals surface area contributed by atoms with Gasteiger partial charge in [0.1, 0.15) is 5.15 Å². The van der Waals surface area contributed by atoms with Crippen LogP contribution in [0.2, 0.25) is 5.15 Å². The number of carbonyl (C=O) groups is 1. The fraction of sp³-hybridized carbons (Fsp3) is 0.562. The van der Waals surface area contributed by atoms with Gasteiger partial charge in [0.25, 0.3) is 0 Å². The first kappa shape index (κ1) is 14.5. The first-order chi connectivity index (χ1) is 9.86. The predicted molar refractivity (Wildman–Crippen MR) is 81.3 cm³/mol. The molecule has 2 saturated carbocycles. The minimum absolute atomic E-state index is 0.0245. The Balaban J connectivity index is 1.79. The van der Waals surface area contributed by atoms with Crippen LogP contribution in [-0.4, -0.2) is 16.7 Å². The van der Waals surface area contributed by atoms with Crippen LogP contribution in [0.5, 0.6) is 0 Å². The molecule has 1 aromatic heterocycles. The quantitative estimate of drug-likeness (QED) is 0.470. The summed E-state index contributed by atoms with van der Waals surface area (Å²) in [6.07, 6.45) is 4.78. The average Bonchev–Trinajstić information content (AvgIpc) is 2.78. The van der Waals surface area contributed by atoms with Crippen molar-refractivity contribution in [2.75, 3.05) is 0 Å². The molecule has 0 amide bonds. The third-order valence-corrected chi connectivity index (χ3v) is 6.03. The van der Waals surface area contributed by atoms with Gasteiger partial charge in [0, 0.05) is 11.6 Å². The summed E-state index contributed by atoms with van der Waals surface area (Å²) in [5.74, 6) is 0.0757. The smallest absolute Gasteiger partial charge is 0.313 e. The van der Waals surface area contributed by atoms with Crippen LogP contribution < -0.4 is 0 Å². The molecule has 2 atom stereocenters. The van der Waals surface area contributed by atoms with E-state index in [1.807, 2.05) is 0 Å². The molecule has 0 N–H and O–H groups in total. The fourth-order valence-electron chi connectivity index (χ4n) is 3.75. The number of halogens is 1. The molecule has 0 unspecified atom stereocenters. The molecule has 0 spiro atoms. The molecule has 1 heterocycles. The summed E-state index contributed by atoms with van der Waals surface area (Å²) in [6, 6.07) is 3.24. The van der Waals surface area contributed by atoms with Gasteiger partial charge in [-0.05, 0) is 42.7 Å². The number of oxime groups is 1. The Morgan fingerprint density at radius 2 is 2.24 bits per heavy atom. The molecule has 4 nitrogen and oxygen atoms in total. The molecule has 3 rings (SSSR count). The van der Waals surface area contributed by atoms with Crippen LogP contribution in [0.15, 0.2) is 23.5 Å². The molecule has 2 aliphatic rings. The number of pyridine rings is 1. The van der Waals surface area contributed by atoms with Crippen molar-refractivity contribution in [2.24, 2.45) is 21.9 Å². The normalized spacial score (nSPS) is 31.6. The summed E-state index contributed by atoms with van der Waals surface area (Å²) in [5.41, 5.74) is 1.48. The molecule has 0 aliphatic heterocycles. The van der Waals surface area contributed by atoms with Gasteiger partial charge in [-0.3, -0.25) is 0 Å². The fourth-order valence-corrected chi connectivity index (χ4v) is 3.95. The van der Waals surface area contributed by atoms with E-state index in [0.717, 1.165) is 18.6 Å². The predicted octanol–water partition coefficient (Wildman–Crippen LogP) is 4.09. The highest BCUT2D eigenvalue weighted by atomic mass is 35.5. The summed E-state index contributed by atoms with van der Waals surface area (Å²) < 4.78 is 0. The van der Waals surface area contributed by atoms with Crippen molar-refractivity contribution >= 4 is 23.3 Å². The highest BCUT2D eigenvalue weighted by Gasteiger charge is 2.60. The van der Waals surface area contributed by atoms with Gasteiger partial charge in [-0.15, -0.1) is 0 Å². The van der Waals surface area contributed by atoms with Crippen LogP contribution in [0.1, 0.15) is 50.4 Å². The lowest BCUT2D eigenvalue weighted by atomic mass is 9.70. The van der Waals surface area contributed by atoms with Crippen molar-refractivity contribution in [2.45, 2.75) is 40.0 Å². The van der Waals surface area contributed by atoms with Crippen LogP contribution in [-0.2, 0) is 4.84 Å². The van der Waals surface area contributed by atoms with Crippen molar-refractivity contribution in [3.05, 3.63) is 29.0 Å². The Morgan fingerprint density at radius 1 is 1.48 bits per heavy atom. The average molecular weight is 307 g/mol. The van der Waals surface area contributed by atoms with E-state index < -0.39 is 5.97 Å². The van der Waals surface area contributed by atoms with Crippen molar-refractivity contribution in [3.63, 3.8) is 0 Å². The van der Waals surface area contributed by atoms with Crippen molar-refractivity contribution < 1.29 is 9.63 Å². The lowest BCUT2D eigenvalue weighted by Crippen LogP contribution is -2.32. The number of hydrogen-bond donors (Lipinski definition) is 0. The van der Waals surface area contributed by atoms with E-state index in [-0.39, 0.29) is 21.5 Å². The van der Waals surface area contributed by atoms with Crippen molar-refractivity contribution in [3.8, 4) is 0 Å². The third kappa shape index (κ3) is 2.08. The van der Waals surface area contributed by atoms with Crippen LogP contribution in [0.4, 0.5) is 0 Å². The zero-order valence-electron chi connectivity index (χ0n) is 12.5. The standard InChI is InChI=1S/C16H19ClN2O2/c1-15(2)10-6-7-16(15,3)12(9-10)19-21-14(20)11-5-4-8-18-13(11)17/h4-5,8,10H,6-7,9H2,1-3H3/b19-12-/t10-,16+/m1/s1. The van der Waals surface area contributed by atoms with E-state index in [0.29, 0.717) is 5.92 Å². The number of nitrogens with zero attached hydrogens (tertiary/aromatic N) is 2. The van der Waals surface area contributed by atoms with Crippen LogP contribution in [0.25, 0.3) is 0 Å². The SMILES string of the molecule is CC1(C)[C@@H]2CC[C@@]1(C)/C(=N\OC(=O)c1cccnc1Cl)C2. The molecule has 5 heteroatoms. The maximum absolute atomic E-state index is 12.0. The molecule has 21 heavy (non-hydrogen) atoms. The Labute approximate surface area is 129 Å². The van der Waals surface area contributed by atoms with Gasteiger partial charge in [-0.1, -0.05) is 37.5 Å². The zero-order valence-corrected chi connectivity index (χ0v) is 13.3. The topological polar surface area (TPSA) is 51.5 Å². The second-order valence-electron chi connectivity index (χ2n) is 6.75. The summed E-state index contributed by atoms with van der Waals surface area (Å²) in [7, 11) is 0. The van der Waals surface area contributed by atoms with Crippen molar-refractivity contribution in [1.29, 1.82) is 0 Å². The highest BCUT2D eigenvalue weighted by Crippen LogP contribution is 2.63. The van der Waals surface area contributed by atoms with Gasteiger partial charge in [0.2, 0.25) is 0 Å². The first-order valence-electron chi connectivity index (χ1n) is 7.25. The number of rotatable bonds is 2. The van der Waals surface area contributed by atoms with Gasteiger partial charge in [0.05, 0.1) is 11.3 Å². The van der Waals surface area contributed by atoms with Crippen LogP contribution in [0, 0.1) is 16.7 Å². The van der Waals surface area contributed by atoms with Gasteiger partial charge in [0.15, 0.2) is 0 Å². The molecule has 1 aromatic rings. The van der Waals surface area contributed by atoms with Crippen molar-refractivity contribution in [1.82, 2.24) is 4.98 Å². The molecular formula is C16H19ClN2O2. The lowest BCUT2D eigenvalue weighted by Gasteiger charge is -2.34. The summed E-state index contributed by atoms with van der Waals surface area (Å²) in [4.78, 5) is 21.0. The minimum atomic E-state index is -0.551. The number of aromatic nitrogens is 1. The largest absolute Gasteiger partial charge is 0.368 e. The Kier molecular flexibility index (Phi) is 3.32. The van der Waals surface area contributed by atoms with Crippen LogP contribution in [0.3, 0.4) is 0 Å². The van der Waals surface area contributed by atoms with E-state index in [1.54, 1.807) is 12.1 Å². The summed E-state index contributed by atoms with van der Waals surface area (Å²) >= 11 is 5.89. The molecular weight excluding hydrogens is 288 g/mol. The molecule has 0 aromatic carbocycles. The second-order valence-corrected chi connectivity index (χ2v) is 7.11. The zero-order chi connectivity index (χ0) is 15.3. The van der Waals surface area contributed by atoms with Gasteiger partial charge in [-0.25, -0.2) is 9.78 Å². The Bertz CT molecular complexity index is 626. The molecule has 112 valence electrons. The van der Waals surface area contributed by atoms with Gasteiger partial charge >= 0.3 is 5.97 Å². The monoisotopic (exact) mass is 306 g/mol. The second kappa shape index (κ2) is 4.80.